The number of thiophene rings is 1. The van der Waals surface area contributed by atoms with Crippen molar-refractivity contribution in [2.45, 2.75) is 45.1 Å². The van der Waals surface area contributed by atoms with Gasteiger partial charge in [0.1, 0.15) is 0 Å². The minimum Gasteiger partial charge on any atom is -0.321 e. The average molecular weight is 367 g/mol. The first-order valence-corrected chi connectivity index (χ1v) is 10.1. The van der Waals surface area contributed by atoms with E-state index < -0.39 is 10.0 Å². The zero-order chi connectivity index (χ0) is 17.9. The van der Waals surface area contributed by atoms with E-state index in [1.165, 1.54) is 28.3 Å². The zero-order valence-electron chi connectivity index (χ0n) is 14.2. The van der Waals surface area contributed by atoms with E-state index in [2.05, 4.69) is 17.0 Å². The minimum atomic E-state index is -3.52. The van der Waals surface area contributed by atoms with Crippen LogP contribution in [0.15, 0.2) is 35.2 Å². The lowest BCUT2D eigenvalue weighted by Crippen LogP contribution is -2.30. The van der Waals surface area contributed by atoms with Gasteiger partial charge in [-0.2, -0.15) is 0 Å². The number of anilines is 1. The van der Waals surface area contributed by atoms with Gasteiger partial charge < -0.3 is 5.32 Å². The first-order chi connectivity index (χ1) is 11.2. The molecule has 130 valence electrons. The van der Waals surface area contributed by atoms with Gasteiger partial charge in [0.15, 0.2) is 0 Å². The topological polar surface area (TPSA) is 75.3 Å². The molecule has 5 nitrogen and oxygen atoms in total. The molecule has 7 heteroatoms. The van der Waals surface area contributed by atoms with Crippen LogP contribution in [0.4, 0.5) is 5.69 Å². The molecule has 0 aliphatic carbocycles. The molecule has 2 rings (SSSR count). The monoisotopic (exact) mass is 366 g/mol. The van der Waals surface area contributed by atoms with E-state index in [1.807, 2.05) is 13.0 Å². The number of carbonyl (C=O) groups is 1. The third kappa shape index (κ3) is 4.43. The first kappa shape index (κ1) is 18.6. The number of hydrogen-bond acceptors (Lipinski definition) is 4. The van der Waals surface area contributed by atoms with Crippen LogP contribution in [0.2, 0.25) is 0 Å². The predicted molar refractivity (Wildman–Crippen MR) is 98.3 cm³/mol. The average Bonchev–Trinajstić information content (AvgIpc) is 2.88. The Morgan fingerprint density at radius 2 is 1.83 bits per heavy atom. The Balaban J connectivity index is 2.12. The number of hydrogen-bond donors (Lipinski definition) is 2. The molecule has 0 bridgehead atoms. The van der Waals surface area contributed by atoms with Crippen molar-refractivity contribution in [3.8, 4) is 0 Å². The lowest BCUT2D eigenvalue weighted by atomic mass is 10.2. The van der Waals surface area contributed by atoms with E-state index in [1.54, 1.807) is 26.0 Å². The smallest absolute Gasteiger partial charge is 0.265 e. The zero-order valence-corrected chi connectivity index (χ0v) is 15.8. The number of carbonyl (C=O) groups excluding carboxylic acids is 1. The summed E-state index contributed by atoms with van der Waals surface area (Å²) < 4.78 is 26.7. The lowest BCUT2D eigenvalue weighted by Gasteiger charge is -2.10. The van der Waals surface area contributed by atoms with Gasteiger partial charge in [-0.1, -0.05) is 6.92 Å². The van der Waals surface area contributed by atoms with Gasteiger partial charge in [0, 0.05) is 16.6 Å². The van der Waals surface area contributed by atoms with Crippen molar-refractivity contribution < 1.29 is 13.2 Å². The highest BCUT2D eigenvalue weighted by molar-refractivity contribution is 7.89. The number of benzene rings is 1. The van der Waals surface area contributed by atoms with Crippen LogP contribution in [-0.4, -0.2) is 20.4 Å². The molecule has 0 atom stereocenters. The molecule has 0 spiro atoms. The summed E-state index contributed by atoms with van der Waals surface area (Å²) in [6.45, 7) is 7.58. The second-order valence-electron chi connectivity index (χ2n) is 5.82. The Labute approximate surface area is 147 Å². The summed E-state index contributed by atoms with van der Waals surface area (Å²) in [5.74, 6) is -0.182. The first-order valence-electron chi connectivity index (χ1n) is 7.76. The minimum absolute atomic E-state index is 0.175. The SMILES string of the molecule is CCc1sc(C(=O)Nc2ccc(S(=O)(=O)NC(C)C)cc2)cc1C. The van der Waals surface area contributed by atoms with E-state index in [9.17, 15) is 13.2 Å². The van der Waals surface area contributed by atoms with E-state index in [0.717, 1.165) is 12.0 Å². The summed E-state index contributed by atoms with van der Waals surface area (Å²) in [5.41, 5.74) is 1.68. The highest BCUT2D eigenvalue weighted by Gasteiger charge is 2.16. The molecular weight excluding hydrogens is 344 g/mol. The third-order valence-corrected chi connectivity index (χ3v) is 6.43. The summed E-state index contributed by atoms with van der Waals surface area (Å²) >= 11 is 1.48. The van der Waals surface area contributed by atoms with Crippen molar-refractivity contribution in [1.29, 1.82) is 0 Å². The Kier molecular flexibility index (Phi) is 5.79. The Hall–Kier alpha value is -1.70. The van der Waals surface area contributed by atoms with Crippen LogP contribution in [0.5, 0.6) is 0 Å². The van der Waals surface area contributed by atoms with Crippen LogP contribution in [0.25, 0.3) is 0 Å². The third-order valence-electron chi connectivity index (χ3n) is 3.38. The largest absolute Gasteiger partial charge is 0.321 e. The predicted octanol–water partition coefficient (Wildman–Crippen LogP) is 3.56. The number of aryl methyl sites for hydroxylation is 2. The molecule has 0 saturated heterocycles. The molecule has 1 heterocycles. The van der Waals surface area contributed by atoms with Crippen molar-refractivity contribution in [2.24, 2.45) is 0 Å². The molecule has 2 aromatic rings. The molecule has 0 fully saturated rings. The second kappa shape index (κ2) is 7.46. The van der Waals surface area contributed by atoms with E-state index in [0.29, 0.717) is 10.6 Å². The summed E-state index contributed by atoms with van der Waals surface area (Å²) in [6, 6.07) is 7.85. The molecule has 0 aliphatic heterocycles. The number of amides is 1. The maximum atomic E-state index is 12.3. The van der Waals surface area contributed by atoms with Crippen LogP contribution < -0.4 is 10.0 Å². The summed E-state index contributed by atoms with van der Waals surface area (Å²) in [5, 5.41) is 2.80. The molecule has 0 aliphatic rings. The van der Waals surface area contributed by atoms with E-state index >= 15 is 0 Å². The normalized spacial score (nSPS) is 11.7. The van der Waals surface area contributed by atoms with Crippen LogP contribution in [0, 0.1) is 6.92 Å². The number of rotatable bonds is 6. The highest BCUT2D eigenvalue weighted by Crippen LogP contribution is 2.23. The Morgan fingerprint density at radius 3 is 2.33 bits per heavy atom. The quantitative estimate of drug-likeness (QED) is 0.821. The van der Waals surface area contributed by atoms with Crippen molar-refractivity contribution in [3.63, 3.8) is 0 Å². The van der Waals surface area contributed by atoms with Crippen LogP contribution in [0.3, 0.4) is 0 Å². The maximum absolute atomic E-state index is 12.3. The molecule has 2 N–H and O–H groups in total. The van der Waals surface area contributed by atoms with Gasteiger partial charge in [-0.15, -0.1) is 11.3 Å². The van der Waals surface area contributed by atoms with Crippen molar-refractivity contribution in [1.82, 2.24) is 4.72 Å². The summed E-state index contributed by atoms with van der Waals surface area (Å²) in [7, 11) is -3.52. The summed E-state index contributed by atoms with van der Waals surface area (Å²) in [4.78, 5) is 14.3. The fourth-order valence-corrected chi connectivity index (χ4v) is 4.53. The molecular formula is C17H22N2O3S2. The molecule has 1 aromatic carbocycles. The highest BCUT2D eigenvalue weighted by atomic mass is 32.2. The number of nitrogens with one attached hydrogen (secondary N) is 2. The van der Waals surface area contributed by atoms with Gasteiger partial charge in [0.25, 0.3) is 5.91 Å². The fraction of sp³-hybridized carbons (Fsp3) is 0.353. The second-order valence-corrected chi connectivity index (χ2v) is 8.68. The van der Waals surface area contributed by atoms with E-state index in [-0.39, 0.29) is 16.8 Å². The van der Waals surface area contributed by atoms with Gasteiger partial charge in [-0.05, 0) is 63.1 Å². The molecule has 0 radical (unpaired) electrons. The van der Waals surface area contributed by atoms with Gasteiger partial charge in [0.2, 0.25) is 10.0 Å². The molecule has 1 amide bonds. The molecule has 24 heavy (non-hydrogen) atoms. The van der Waals surface area contributed by atoms with E-state index in [4.69, 9.17) is 0 Å². The molecule has 0 unspecified atom stereocenters. The van der Waals surface area contributed by atoms with Crippen LogP contribution >= 0.6 is 11.3 Å². The molecule has 0 saturated carbocycles. The fourth-order valence-electron chi connectivity index (χ4n) is 2.27. The molecule has 1 aromatic heterocycles. The van der Waals surface area contributed by atoms with Gasteiger partial charge in [-0.3, -0.25) is 4.79 Å². The Morgan fingerprint density at radius 1 is 1.21 bits per heavy atom. The summed E-state index contributed by atoms with van der Waals surface area (Å²) in [6.07, 6.45) is 0.902. The van der Waals surface area contributed by atoms with Gasteiger partial charge in [0.05, 0.1) is 9.77 Å². The maximum Gasteiger partial charge on any atom is 0.265 e. The van der Waals surface area contributed by atoms with Gasteiger partial charge in [-0.25, -0.2) is 13.1 Å². The van der Waals surface area contributed by atoms with Crippen molar-refractivity contribution >= 4 is 33.0 Å². The van der Waals surface area contributed by atoms with Crippen LogP contribution in [0.1, 0.15) is 40.9 Å². The van der Waals surface area contributed by atoms with Crippen molar-refractivity contribution in [3.05, 3.63) is 45.6 Å². The van der Waals surface area contributed by atoms with Crippen molar-refractivity contribution in [2.75, 3.05) is 5.32 Å². The standard InChI is InChI=1S/C17H22N2O3S2/c1-5-15-12(4)10-16(23-15)17(20)18-13-6-8-14(9-7-13)24(21,22)19-11(2)3/h6-11,19H,5H2,1-4H3,(H,18,20). The Bertz CT molecular complexity index is 822. The number of sulfonamides is 1. The van der Waals surface area contributed by atoms with Gasteiger partial charge >= 0.3 is 0 Å². The lowest BCUT2D eigenvalue weighted by molar-refractivity contribution is 0.103. The van der Waals surface area contributed by atoms with Crippen LogP contribution in [-0.2, 0) is 16.4 Å².